The fourth-order valence-electron chi connectivity index (χ4n) is 2.43. The van der Waals surface area contributed by atoms with E-state index in [4.69, 9.17) is 18.2 Å². The van der Waals surface area contributed by atoms with E-state index < -0.39 is 80.5 Å². The van der Waals surface area contributed by atoms with Gasteiger partial charge in [-0.1, -0.05) is 11.2 Å². The monoisotopic (exact) mass is 457 g/mol. The van der Waals surface area contributed by atoms with Crippen LogP contribution in [0.15, 0.2) is 33.0 Å². The minimum absolute atomic E-state index is 0.218. The highest BCUT2D eigenvalue weighted by Gasteiger charge is 2.27. The van der Waals surface area contributed by atoms with E-state index in [0.29, 0.717) is 28.7 Å². The maximum Gasteiger partial charge on any atom is 0.267 e. The van der Waals surface area contributed by atoms with Gasteiger partial charge in [-0.05, 0) is 63.0 Å². The number of Topliss-reactive ketones (excluding diaryl/α,β-unsaturated/α-hetero) is 1. The molecule has 0 saturated carbocycles. The molecule has 0 bridgehead atoms. The Hall–Kier alpha value is -2.98. The largest absolute Gasteiger partial charge is 0.337 e. The first-order chi connectivity index (χ1) is 18.1. The lowest BCUT2D eigenvalue weighted by molar-refractivity contribution is 0.101. The summed E-state index contributed by atoms with van der Waals surface area (Å²) in [5.74, 6) is -3.19. The number of thiophene rings is 1. The first-order valence-corrected chi connectivity index (χ1v) is 10.5. The third-order valence-corrected chi connectivity index (χ3v) is 6.48. The SMILES string of the molecule is [2H]c1c(C([2H])([2H])[2H])cc(C(=O)C([2H])([2H])[2H])c(NC(=O)c2sccc2S(=O)(=O)Nc2onc(C)c2C)c1C([2H])([2H])[2H]. The van der Waals surface area contributed by atoms with E-state index in [1.165, 1.54) is 12.3 Å². The van der Waals surface area contributed by atoms with Crippen LogP contribution in [0.5, 0.6) is 0 Å². The van der Waals surface area contributed by atoms with Crippen molar-refractivity contribution in [2.75, 3.05) is 10.0 Å². The predicted octanol–water partition coefficient (Wildman–Crippen LogP) is 4.23. The van der Waals surface area contributed by atoms with E-state index in [-0.39, 0.29) is 5.88 Å². The number of anilines is 2. The molecule has 0 aliphatic heterocycles. The summed E-state index contributed by atoms with van der Waals surface area (Å²) < 4.78 is 110. The van der Waals surface area contributed by atoms with Gasteiger partial charge in [-0.15, -0.1) is 11.3 Å². The molecular formula is C20H21N3O5S2. The Morgan fingerprint density at radius 3 is 2.73 bits per heavy atom. The molecule has 2 heterocycles. The summed E-state index contributed by atoms with van der Waals surface area (Å²) in [5, 5.41) is 6.93. The van der Waals surface area contributed by atoms with Crippen LogP contribution < -0.4 is 10.0 Å². The summed E-state index contributed by atoms with van der Waals surface area (Å²) in [7, 11) is -4.48. The number of nitrogens with one attached hydrogen (secondary N) is 2. The van der Waals surface area contributed by atoms with Crippen molar-refractivity contribution in [3.63, 3.8) is 0 Å². The zero-order valence-electron chi connectivity index (χ0n) is 25.5. The van der Waals surface area contributed by atoms with E-state index in [0.717, 1.165) is 6.07 Å². The molecule has 2 N–H and O–H groups in total. The lowest BCUT2D eigenvalue weighted by atomic mass is 10.0. The maximum atomic E-state index is 13.3. The van der Waals surface area contributed by atoms with Gasteiger partial charge < -0.3 is 9.84 Å². The number of carbonyl (C=O) groups excluding carboxylic acids is 2. The highest BCUT2D eigenvalue weighted by Crippen LogP contribution is 2.29. The fourth-order valence-corrected chi connectivity index (χ4v) is 4.80. The standard InChI is InChI=1S/C20H21N3O5S2/c1-10-8-11(2)17(15(9-10)14(5)24)21-19(25)18-16(6-7-29-18)30(26,27)23-20-12(3)13(4)22-28-20/h6-9,23H,1-5H3,(H,21,25)/i1D3,2D3,5D3,8D. The van der Waals surface area contributed by atoms with Gasteiger partial charge in [-0.2, -0.15) is 0 Å². The molecule has 0 radical (unpaired) electrons. The van der Waals surface area contributed by atoms with Gasteiger partial charge in [0, 0.05) is 23.5 Å². The number of benzene rings is 1. The summed E-state index contributed by atoms with van der Waals surface area (Å²) in [6.07, 6.45) is 0. The smallest absolute Gasteiger partial charge is 0.267 e. The maximum absolute atomic E-state index is 13.3. The molecule has 3 aromatic rings. The van der Waals surface area contributed by atoms with Gasteiger partial charge in [-0.25, -0.2) is 13.1 Å². The topological polar surface area (TPSA) is 118 Å². The summed E-state index contributed by atoms with van der Waals surface area (Å²) >= 11 is 0.618. The number of aromatic nitrogens is 1. The van der Waals surface area contributed by atoms with Crippen LogP contribution >= 0.6 is 11.3 Å². The van der Waals surface area contributed by atoms with Crippen LogP contribution in [0.1, 0.15) is 63.0 Å². The lowest BCUT2D eigenvalue weighted by Crippen LogP contribution is -2.20. The molecule has 3 rings (SSSR count). The molecule has 0 aliphatic carbocycles. The van der Waals surface area contributed by atoms with Gasteiger partial charge in [0.1, 0.15) is 9.77 Å². The molecule has 10 heteroatoms. The quantitative estimate of drug-likeness (QED) is 0.535. The molecule has 30 heavy (non-hydrogen) atoms. The van der Waals surface area contributed by atoms with Crippen molar-refractivity contribution in [2.24, 2.45) is 0 Å². The number of ketones is 1. The Labute approximate surface area is 192 Å². The second kappa shape index (κ2) is 8.04. The number of sulfonamides is 1. The average molecular weight is 458 g/mol. The van der Waals surface area contributed by atoms with Crippen molar-refractivity contribution in [2.45, 2.75) is 39.3 Å². The van der Waals surface area contributed by atoms with Gasteiger partial charge >= 0.3 is 0 Å². The molecule has 0 spiro atoms. The summed E-state index contributed by atoms with van der Waals surface area (Å²) in [6, 6.07) is 0.513. The second-order valence-electron chi connectivity index (χ2n) is 6.07. The van der Waals surface area contributed by atoms with Crippen LogP contribution in [0, 0.1) is 27.6 Å². The van der Waals surface area contributed by atoms with Gasteiger partial charge in [0.15, 0.2) is 5.78 Å². The lowest BCUT2D eigenvalue weighted by Gasteiger charge is -2.14. The molecule has 0 atom stereocenters. The molecule has 0 unspecified atom stereocenters. The van der Waals surface area contributed by atoms with Crippen molar-refractivity contribution in [3.05, 3.63) is 56.4 Å². The highest BCUT2D eigenvalue weighted by molar-refractivity contribution is 7.93. The predicted molar refractivity (Wildman–Crippen MR) is 115 cm³/mol. The minimum atomic E-state index is -4.48. The normalized spacial score (nSPS) is 17.5. The molecule has 2 aromatic heterocycles. The van der Waals surface area contributed by atoms with Crippen molar-refractivity contribution in [1.29, 1.82) is 0 Å². The Morgan fingerprint density at radius 1 is 1.30 bits per heavy atom. The first-order valence-electron chi connectivity index (χ1n) is 13.1. The Kier molecular flexibility index (Phi) is 3.22. The Morgan fingerprint density at radius 2 is 2.10 bits per heavy atom. The average Bonchev–Trinajstić information content (AvgIpc) is 3.40. The molecule has 0 fully saturated rings. The van der Waals surface area contributed by atoms with Gasteiger partial charge in [0.05, 0.1) is 12.8 Å². The summed E-state index contributed by atoms with van der Waals surface area (Å²) in [6.45, 7) is -6.72. The summed E-state index contributed by atoms with van der Waals surface area (Å²) in [4.78, 5) is 25.1. The van der Waals surface area contributed by atoms with Crippen LogP contribution in [0.25, 0.3) is 0 Å². The number of aryl methyl sites for hydroxylation is 2. The highest BCUT2D eigenvalue weighted by atomic mass is 32.2. The van der Waals surface area contributed by atoms with Gasteiger partial charge in [0.25, 0.3) is 15.9 Å². The van der Waals surface area contributed by atoms with Crippen LogP contribution in [-0.4, -0.2) is 25.3 Å². The molecule has 1 aromatic carbocycles. The number of hydrogen-bond acceptors (Lipinski definition) is 7. The van der Waals surface area contributed by atoms with Crippen molar-refractivity contribution in [3.8, 4) is 0 Å². The Balaban J connectivity index is 2.20. The number of nitrogens with zero attached hydrogens (tertiary/aromatic N) is 1. The summed E-state index contributed by atoms with van der Waals surface area (Å²) in [5.41, 5.74) is -3.20. The van der Waals surface area contributed by atoms with Crippen molar-refractivity contribution in [1.82, 2.24) is 5.16 Å². The zero-order valence-corrected chi connectivity index (χ0v) is 17.2. The van der Waals surface area contributed by atoms with E-state index in [1.54, 1.807) is 6.92 Å². The van der Waals surface area contributed by atoms with E-state index in [9.17, 15) is 18.0 Å². The molecule has 0 aliphatic rings. The molecule has 0 saturated heterocycles. The third kappa shape index (κ3) is 4.14. The number of amides is 1. The molecular weight excluding hydrogens is 426 g/mol. The van der Waals surface area contributed by atoms with Crippen LogP contribution in [0.2, 0.25) is 0 Å². The molecule has 158 valence electrons. The van der Waals surface area contributed by atoms with E-state index in [1.807, 2.05) is 0 Å². The van der Waals surface area contributed by atoms with Crippen molar-refractivity contribution < 1.29 is 36.2 Å². The molecule has 8 nitrogen and oxygen atoms in total. The van der Waals surface area contributed by atoms with Crippen LogP contribution in [0.3, 0.4) is 0 Å². The third-order valence-electron chi connectivity index (χ3n) is 4.06. The van der Waals surface area contributed by atoms with E-state index in [2.05, 4.69) is 15.2 Å². The number of carbonyl (C=O) groups is 2. The number of rotatable bonds is 6. The Bertz CT molecular complexity index is 1600. The zero-order chi connectivity index (χ0) is 30.6. The second-order valence-corrected chi connectivity index (χ2v) is 8.64. The van der Waals surface area contributed by atoms with Crippen LogP contribution in [0.4, 0.5) is 11.6 Å². The van der Waals surface area contributed by atoms with Crippen LogP contribution in [-0.2, 0) is 10.0 Å². The first kappa shape index (κ1) is 12.0. The molecule has 1 amide bonds. The van der Waals surface area contributed by atoms with Gasteiger partial charge in [-0.3, -0.25) is 9.59 Å². The number of hydrogen-bond donors (Lipinski definition) is 2. The fraction of sp³-hybridized carbons (Fsp3) is 0.250. The van der Waals surface area contributed by atoms with E-state index >= 15 is 0 Å². The minimum Gasteiger partial charge on any atom is -0.337 e. The van der Waals surface area contributed by atoms with Gasteiger partial charge in [0.2, 0.25) is 5.88 Å². The van der Waals surface area contributed by atoms with Crippen molar-refractivity contribution >= 4 is 44.6 Å².